The smallest absolute Gasteiger partial charge is 0.323 e. The molecule has 5 rings (SSSR count). The molecule has 3 N–H and O–H groups in total. The summed E-state index contributed by atoms with van der Waals surface area (Å²) in [7, 11) is 0. The first kappa shape index (κ1) is 28.6. The molecule has 2 saturated heterocycles. The lowest BCUT2D eigenvalue weighted by Gasteiger charge is -2.35. The van der Waals surface area contributed by atoms with Crippen LogP contribution in [0, 0.1) is 12.8 Å². The van der Waals surface area contributed by atoms with E-state index in [9.17, 15) is 9.59 Å². The first-order valence-corrected chi connectivity index (χ1v) is 14.7. The Morgan fingerprint density at radius 1 is 0.854 bits per heavy atom. The van der Waals surface area contributed by atoms with Crippen molar-refractivity contribution < 1.29 is 14.3 Å². The van der Waals surface area contributed by atoms with Gasteiger partial charge in [-0.25, -0.2) is 4.79 Å². The summed E-state index contributed by atoms with van der Waals surface area (Å²) in [4.78, 5) is 30.9. The second-order valence-corrected chi connectivity index (χ2v) is 11.0. The zero-order chi connectivity index (χ0) is 28.4. The molecule has 0 atom stereocenters. The summed E-state index contributed by atoms with van der Waals surface area (Å²) in [6, 6.07) is 23.6. The topological polar surface area (TPSA) is 85.9 Å². The predicted molar refractivity (Wildman–Crippen MR) is 165 cm³/mol. The zero-order valence-corrected chi connectivity index (χ0v) is 23.9. The Morgan fingerprint density at radius 3 is 2.32 bits per heavy atom. The number of amides is 3. The van der Waals surface area contributed by atoms with Gasteiger partial charge in [-0.3, -0.25) is 9.69 Å². The van der Waals surface area contributed by atoms with Crippen molar-refractivity contribution in [2.75, 3.05) is 68.0 Å². The standard InChI is InChI=1S/C33H41N5O3/c1-25-6-5-9-28(22-25)35-33(40)36-29-10-11-31(30(24-29)32(39)34-14-17-37-18-20-41-21-19-37)38-15-12-27(13-16-38)23-26-7-3-2-4-8-26/h2-11,22,24,27H,12-21,23H2,1H3,(H,34,39)(H2,35,36,40). The molecular formula is C33H41N5O3. The molecule has 3 amide bonds. The number of aryl methyl sites for hydroxylation is 1. The van der Waals surface area contributed by atoms with Crippen LogP contribution in [0.15, 0.2) is 72.8 Å². The molecular weight excluding hydrogens is 514 g/mol. The summed E-state index contributed by atoms with van der Waals surface area (Å²) in [5.41, 5.74) is 5.25. The second kappa shape index (κ2) is 14.1. The van der Waals surface area contributed by atoms with Crippen molar-refractivity contribution in [2.45, 2.75) is 26.2 Å². The minimum Gasteiger partial charge on any atom is -0.379 e. The van der Waals surface area contributed by atoms with Crippen LogP contribution in [0.5, 0.6) is 0 Å². The van der Waals surface area contributed by atoms with E-state index in [-0.39, 0.29) is 11.9 Å². The van der Waals surface area contributed by atoms with Gasteiger partial charge in [-0.05, 0) is 73.6 Å². The number of anilines is 3. The van der Waals surface area contributed by atoms with Crippen molar-refractivity contribution in [2.24, 2.45) is 5.92 Å². The zero-order valence-electron chi connectivity index (χ0n) is 23.9. The molecule has 0 aromatic heterocycles. The SMILES string of the molecule is Cc1cccc(NC(=O)Nc2ccc(N3CCC(Cc4ccccc4)CC3)c(C(=O)NCCN3CCOCC3)c2)c1. The molecule has 0 saturated carbocycles. The monoisotopic (exact) mass is 555 g/mol. The maximum Gasteiger partial charge on any atom is 0.323 e. The van der Waals surface area contributed by atoms with Crippen molar-refractivity contribution in [1.82, 2.24) is 10.2 Å². The van der Waals surface area contributed by atoms with Crippen LogP contribution in [0.2, 0.25) is 0 Å². The quantitative estimate of drug-likeness (QED) is 0.340. The lowest BCUT2D eigenvalue weighted by atomic mass is 9.89. The Kier molecular flexibility index (Phi) is 9.88. The summed E-state index contributed by atoms with van der Waals surface area (Å²) >= 11 is 0. The first-order valence-electron chi connectivity index (χ1n) is 14.7. The molecule has 216 valence electrons. The Labute approximate surface area is 243 Å². The highest BCUT2D eigenvalue weighted by Crippen LogP contribution is 2.30. The molecule has 0 radical (unpaired) electrons. The number of hydrogen-bond acceptors (Lipinski definition) is 5. The summed E-state index contributed by atoms with van der Waals surface area (Å²) in [6.45, 7) is 8.35. The molecule has 0 spiro atoms. The van der Waals surface area contributed by atoms with Crippen LogP contribution in [0.4, 0.5) is 21.9 Å². The number of morpholine rings is 1. The molecule has 2 aliphatic rings. The maximum atomic E-state index is 13.5. The number of hydrogen-bond donors (Lipinski definition) is 3. The number of rotatable bonds is 9. The van der Waals surface area contributed by atoms with E-state index in [4.69, 9.17) is 4.74 Å². The number of piperidine rings is 1. The van der Waals surface area contributed by atoms with Crippen molar-refractivity contribution >= 4 is 29.0 Å². The highest BCUT2D eigenvalue weighted by atomic mass is 16.5. The van der Waals surface area contributed by atoms with Gasteiger partial charge in [0.15, 0.2) is 0 Å². The second-order valence-electron chi connectivity index (χ2n) is 11.0. The number of nitrogens with one attached hydrogen (secondary N) is 3. The average Bonchev–Trinajstić information content (AvgIpc) is 2.98. The molecule has 0 unspecified atom stereocenters. The third-order valence-electron chi connectivity index (χ3n) is 7.91. The molecule has 2 aliphatic heterocycles. The van der Waals surface area contributed by atoms with Gasteiger partial charge in [-0.1, -0.05) is 42.5 Å². The molecule has 41 heavy (non-hydrogen) atoms. The number of carbonyl (C=O) groups excluding carboxylic acids is 2. The Morgan fingerprint density at radius 2 is 1.59 bits per heavy atom. The van der Waals surface area contributed by atoms with Gasteiger partial charge < -0.3 is 25.6 Å². The third kappa shape index (κ3) is 8.31. The molecule has 8 heteroatoms. The van der Waals surface area contributed by atoms with Crippen molar-refractivity contribution in [3.05, 3.63) is 89.5 Å². The fourth-order valence-corrected chi connectivity index (χ4v) is 5.66. The van der Waals surface area contributed by atoms with Gasteiger partial charge in [0, 0.05) is 56.3 Å². The Bertz CT molecular complexity index is 1300. The number of nitrogens with zero attached hydrogens (tertiary/aromatic N) is 2. The highest BCUT2D eigenvalue weighted by molar-refractivity contribution is 6.04. The highest BCUT2D eigenvalue weighted by Gasteiger charge is 2.24. The Balaban J connectivity index is 1.26. The van der Waals surface area contributed by atoms with Gasteiger partial charge in [0.2, 0.25) is 0 Å². The van der Waals surface area contributed by atoms with E-state index in [1.165, 1.54) is 5.56 Å². The van der Waals surface area contributed by atoms with Crippen molar-refractivity contribution in [3.63, 3.8) is 0 Å². The number of urea groups is 1. The van der Waals surface area contributed by atoms with Crippen LogP contribution >= 0.6 is 0 Å². The molecule has 0 bridgehead atoms. The molecule has 0 aliphatic carbocycles. The van der Waals surface area contributed by atoms with Gasteiger partial charge in [0.1, 0.15) is 0 Å². The molecule has 3 aromatic carbocycles. The van der Waals surface area contributed by atoms with Crippen molar-refractivity contribution in [3.8, 4) is 0 Å². The molecule has 2 fully saturated rings. The van der Waals surface area contributed by atoms with Crippen molar-refractivity contribution in [1.29, 1.82) is 0 Å². The number of carbonyl (C=O) groups is 2. The summed E-state index contributed by atoms with van der Waals surface area (Å²) in [5.74, 6) is 0.508. The minimum atomic E-state index is -0.344. The lowest BCUT2D eigenvalue weighted by Crippen LogP contribution is -2.41. The van der Waals surface area contributed by atoms with Crippen LogP contribution in [-0.4, -0.2) is 69.3 Å². The van der Waals surface area contributed by atoms with E-state index in [1.54, 1.807) is 6.07 Å². The number of benzene rings is 3. The van der Waals surface area contributed by atoms with Gasteiger partial charge >= 0.3 is 6.03 Å². The summed E-state index contributed by atoms with van der Waals surface area (Å²) in [6.07, 6.45) is 3.24. The van der Waals surface area contributed by atoms with E-state index in [1.807, 2.05) is 43.3 Å². The third-order valence-corrected chi connectivity index (χ3v) is 7.91. The van der Waals surface area contributed by atoms with Gasteiger partial charge in [0.05, 0.1) is 18.8 Å². The van der Waals surface area contributed by atoms with Crippen LogP contribution in [-0.2, 0) is 11.2 Å². The van der Waals surface area contributed by atoms with Gasteiger partial charge in [0.25, 0.3) is 5.91 Å². The van der Waals surface area contributed by atoms with E-state index >= 15 is 0 Å². The maximum absolute atomic E-state index is 13.5. The average molecular weight is 556 g/mol. The van der Waals surface area contributed by atoms with Crippen LogP contribution < -0.4 is 20.9 Å². The van der Waals surface area contributed by atoms with E-state index < -0.39 is 0 Å². The minimum absolute atomic E-state index is 0.123. The number of ether oxygens (including phenoxy) is 1. The fourth-order valence-electron chi connectivity index (χ4n) is 5.66. The lowest BCUT2D eigenvalue weighted by molar-refractivity contribution is 0.0383. The van der Waals surface area contributed by atoms with Crippen LogP contribution in [0.25, 0.3) is 0 Å². The predicted octanol–water partition coefficient (Wildman–Crippen LogP) is 5.16. The van der Waals surface area contributed by atoms with Gasteiger partial charge in [-0.15, -0.1) is 0 Å². The molecule has 3 aromatic rings. The molecule has 8 nitrogen and oxygen atoms in total. The fraction of sp³-hybridized carbons (Fsp3) is 0.394. The van der Waals surface area contributed by atoms with Gasteiger partial charge in [-0.2, -0.15) is 0 Å². The van der Waals surface area contributed by atoms with E-state index in [2.05, 4.69) is 56.1 Å². The first-order chi connectivity index (χ1) is 20.0. The normalized spacial score (nSPS) is 16.3. The van der Waals surface area contributed by atoms with E-state index in [0.717, 1.165) is 82.1 Å². The molecule has 2 heterocycles. The van der Waals surface area contributed by atoms with Crippen LogP contribution in [0.1, 0.15) is 34.3 Å². The summed E-state index contributed by atoms with van der Waals surface area (Å²) < 4.78 is 5.43. The Hall–Kier alpha value is -3.88. The summed E-state index contributed by atoms with van der Waals surface area (Å²) in [5, 5.41) is 8.90. The largest absolute Gasteiger partial charge is 0.379 e. The van der Waals surface area contributed by atoms with Crippen LogP contribution in [0.3, 0.4) is 0 Å². The van der Waals surface area contributed by atoms with E-state index in [0.29, 0.717) is 23.7 Å².